The van der Waals surface area contributed by atoms with Crippen LogP contribution in [0.15, 0.2) is 18.2 Å². The van der Waals surface area contributed by atoms with Crippen LogP contribution in [-0.2, 0) is 6.42 Å². The summed E-state index contributed by atoms with van der Waals surface area (Å²) < 4.78 is 12.3. The van der Waals surface area contributed by atoms with Gasteiger partial charge in [0.15, 0.2) is 11.5 Å². The van der Waals surface area contributed by atoms with Gasteiger partial charge in [0, 0.05) is 3.57 Å². The third-order valence-corrected chi connectivity index (χ3v) is 5.49. The highest BCUT2D eigenvalue weighted by atomic mass is 127. The summed E-state index contributed by atoms with van der Waals surface area (Å²) in [5, 5.41) is 2.61. The molecule has 1 aliphatic carbocycles. The molecule has 1 atom stereocenters. The van der Waals surface area contributed by atoms with Crippen LogP contribution in [0.5, 0.6) is 11.5 Å². The fourth-order valence-electron chi connectivity index (χ4n) is 3.58. The summed E-state index contributed by atoms with van der Waals surface area (Å²) in [5.41, 5.74) is 3.11. The van der Waals surface area contributed by atoms with Gasteiger partial charge in [0.2, 0.25) is 0 Å². The van der Waals surface area contributed by atoms with Gasteiger partial charge in [-0.1, -0.05) is 13.3 Å². The first kappa shape index (κ1) is 14.9. The van der Waals surface area contributed by atoms with Crippen molar-refractivity contribution in [3.63, 3.8) is 0 Å². The monoisotopic (exact) mass is 396 g/mol. The summed E-state index contributed by atoms with van der Waals surface area (Å²) in [4.78, 5) is 0. The van der Waals surface area contributed by atoms with E-state index in [0.29, 0.717) is 5.92 Å². The van der Waals surface area contributed by atoms with Gasteiger partial charge in [-0.05, 0) is 87.9 Å². The molecular weight excluding hydrogens is 375 g/mol. The first-order valence-corrected chi connectivity index (χ1v) is 8.64. The van der Waals surface area contributed by atoms with Crippen molar-refractivity contribution in [3.05, 3.63) is 32.9 Å². The van der Waals surface area contributed by atoms with E-state index in [9.17, 15) is 0 Å². The molecule has 2 aromatic carbocycles. The van der Waals surface area contributed by atoms with Gasteiger partial charge in [0.25, 0.3) is 0 Å². The number of methoxy groups -OCH3 is 2. The molecule has 0 radical (unpaired) electrons. The van der Waals surface area contributed by atoms with Crippen LogP contribution < -0.4 is 9.47 Å². The lowest BCUT2D eigenvalue weighted by Crippen LogP contribution is -1.98. The van der Waals surface area contributed by atoms with Crippen molar-refractivity contribution in [3.8, 4) is 11.5 Å². The Hall–Kier alpha value is -0.970. The Kier molecular flexibility index (Phi) is 4.29. The molecular formula is C18H21IO2. The van der Waals surface area contributed by atoms with Gasteiger partial charge < -0.3 is 9.47 Å². The second-order valence-electron chi connectivity index (χ2n) is 5.70. The van der Waals surface area contributed by atoms with E-state index in [4.69, 9.17) is 9.47 Å². The summed E-state index contributed by atoms with van der Waals surface area (Å²) in [7, 11) is 3.40. The number of rotatable bonds is 4. The minimum Gasteiger partial charge on any atom is -0.493 e. The van der Waals surface area contributed by atoms with Gasteiger partial charge in [-0.15, -0.1) is 0 Å². The average Bonchev–Trinajstić information content (AvgIpc) is 2.91. The van der Waals surface area contributed by atoms with Gasteiger partial charge in [0.05, 0.1) is 14.2 Å². The van der Waals surface area contributed by atoms with Crippen LogP contribution >= 0.6 is 22.6 Å². The maximum Gasteiger partial charge on any atom is 0.161 e. The highest BCUT2D eigenvalue weighted by Crippen LogP contribution is 2.45. The van der Waals surface area contributed by atoms with Gasteiger partial charge in [-0.2, -0.15) is 0 Å². The number of hydrogen-bond donors (Lipinski definition) is 0. The van der Waals surface area contributed by atoms with Crippen molar-refractivity contribution in [2.45, 2.75) is 38.5 Å². The van der Waals surface area contributed by atoms with Crippen LogP contribution in [0.3, 0.4) is 0 Å². The van der Waals surface area contributed by atoms with Crippen molar-refractivity contribution >= 4 is 33.4 Å². The van der Waals surface area contributed by atoms with E-state index in [1.807, 2.05) is 0 Å². The lowest BCUT2D eigenvalue weighted by molar-refractivity contribution is 0.356. The van der Waals surface area contributed by atoms with Crippen molar-refractivity contribution in [1.29, 1.82) is 0 Å². The Morgan fingerprint density at radius 3 is 2.52 bits per heavy atom. The second-order valence-corrected chi connectivity index (χ2v) is 6.87. The number of halogens is 1. The molecule has 1 unspecified atom stereocenters. The van der Waals surface area contributed by atoms with Crippen LogP contribution in [0, 0.1) is 3.57 Å². The van der Waals surface area contributed by atoms with E-state index in [-0.39, 0.29) is 0 Å². The molecule has 21 heavy (non-hydrogen) atoms. The molecule has 0 bridgehead atoms. The first-order valence-electron chi connectivity index (χ1n) is 7.56. The lowest BCUT2D eigenvalue weighted by atomic mass is 9.91. The predicted octanol–water partition coefficient (Wildman–Crippen LogP) is 5.29. The van der Waals surface area contributed by atoms with Gasteiger partial charge in [-0.25, -0.2) is 0 Å². The van der Waals surface area contributed by atoms with Crippen molar-refractivity contribution < 1.29 is 9.47 Å². The SMILES string of the molecule is CCCC1CCc2c(I)cc3cc(OC)c(OC)cc3c21. The van der Waals surface area contributed by atoms with Crippen LogP contribution in [0.4, 0.5) is 0 Å². The Balaban J connectivity index is 2.28. The van der Waals surface area contributed by atoms with Crippen molar-refractivity contribution in [1.82, 2.24) is 0 Å². The minimum absolute atomic E-state index is 0.695. The molecule has 1 aliphatic rings. The van der Waals surface area contributed by atoms with Crippen LogP contribution in [0.25, 0.3) is 10.8 Å². The van der Waals surface area contributed by atoms with Gasteiger partial charge >= 0.3 is 0 Å². The summed E-state index contributed by atoms with van der Waals surface area (Å²) in [6, 6.07) is 6.56. The molecule has 0 amide bonds. The first-order chi connectivity index (χ1) is 10.2. The van der Waals surface area contributed by atoms with Gasteiger partial charge in [-0.3, -0.25) is 0 Å². The summed E-state index contributed by atoms with van der Waals surface area (Å²) in [5.74, 6) is 2.33. The zero-order valence-corrected chi connectivity index (χ0v) is 15.0. The topological polar surface area (TPSA) is 18.5 Å². The Morgan fingerprint density at radius 1 is 1.14 bits per heavy atom. The Labute approximate surface area is 140 Å². The van der Waals surface area contributed by atoms with E-state index in [2.05, 4.69) is 47.7 Å². The number of fused-ring (bicyclic) bond motifs is 3. The van der Waals surface area contributed by atoms with Crippen LogP contribution in [0.2, 0.25) is 0 Å². The highest BCUT2D eigenvalue weighted by Gasteiger charge is 2.26. The molecule has 0 fully saturated rings. The van der Waals surface area contributed by atoms with Crippen molar-refractivity contribution in [2.75, 3.05) is 14.2 Å². The molecule has 3 heteroatoms. The maximum atomic E-state index is 5.50. The average molecular weight is 396 g/mol. The molecule has 0 heterocycles. The fourth-order valence-corrected chi connectivity index (χ4v) is 4.48. The number of benzene rings is 2. The molecule has 0 N–H and O–H groups in total. The molecule has 3 rings (SSSR count). The van der Waals surface area contributed by atoms with E-state index < -0.39 is 0 Å². The molecule has 2 nitrogen and oxygen atoms in total. The smallest absolute Gasteiger partial charge is 0.161 e. The zero-order chi connectivity index (χ0) is 15.0. The van der Waals surface area contributed by atoms with Crippen LogP contribution in [-0.4, -0.2) is 14.2 Å². The third-order valence-electron chi connectivity index (χ3n) is 4.53. The zero-order valence-electron chi connectivity index (χ0n) is 12.8. The molecule has 0 aliphatic heterocycles. The quantitative estimate of drug-likeness (QED) is 0.654. The van der Waals surface area contributed by atoms with Crippen molar-refractivity contribution in [2.24, 2.45) is 0 Å². The lowest BCUT2D eigenvalue weighted by Gasteiger charge is -2.17. The second kappa shape index (κ2) is 6.03. The van der Waals surface area contributed by atoms with Crippen LogP contribution in [0.1, 0.15) is 43.2 Å². The standard InChI is InChI=1S/C18H21IO2/c1-4-5-11-6-7-13-15(19)8-12-9-16(20-2)17(21-3)10-14(12)18(11)13/h8-11H,4-7H2,1-3H3. The van der Waals surface area contributed by atoms with E-state index in [0.717, 1.165) is 11.5 Å². The number of ether oxygens (including phenoxy) is 2. The van der Waals surface area contributed by atoms with Gasteiger partial charge in [0.1, 0.15) is 0 Å². The molecule has 0 saturated carbocycles. The predicted molar refractivity (Wildman–Crippen MR) is 95.7 cm³/mol. The summed E-state index contributed by atoms with van der Waals surface area (Å²) >= 11 is 2.48. The summed E-state index contributed by atoms with van der Waals surface area (Å²) in [6.07, 6.45) is 5.01. The highest BCUT2D eigenvalue weighted by molar-refractivity contribution is 14.1. The molecule has 0 spiro atoms. The van der Waals surface area contributed by atoms with E-state index in [1.54, 1.807) is 25.3 Å². The summed E-state index contributed by atoms with van der Waals surface area (Å²) in [6.45, 7) is 2.28. The molecule has 112 valence electrons. The van der Waals surface area contributed by atoms with E-state index in [1.165, 1.54) is 40.0 Å². The fraction of sp³-hybridized carbons (Fsp3) is 0.444. The largest absolute Gasteiger partial charge is 0.493 e. The Morgan fingerprint density at radius 2 is 1.86 bits per heavy atom. The molecule has 0 aromatic heterocycles. The number of hydrogen-bond acceptors (Lipinski definition) is 2. The normalized spacial score (nSPS) is 17.0. The molecule has 2 aromatic rings. The van der Waals surface area contributed by atoms with E-state index >= 15 is 0 Å². The minimum atomic E-state index is 0.695. The Bertz CT molecular complexity index is 679. The molecule has 0 saturated heterocycles. The maximum absolute atomic E-state index is 5.50. The third kappa shape index (κ3) is 2.50.